The van der Waals surface area contributed by atoms with Gasteiger partial charge in [-0.3, -0.25) is 0 Å². The molecular formula is C13H25N3OS. The van der Waals surface area contributed by atoms with Crippen LogP contribution < -0.4 is 5.73 Å². The lowest BCUT2D eigenvalue weighted by Gasteiger charge is -2.36. The van der Waals surface area contributed by atoms with Gasteiger partial charge in [0.05, 0.1) is 4.99 Å². The molecule has 1 aliphatic rings. The highest BCUT2D eigenvalue weighted by molar-refractivity contribution is 7.80. The Morgan fingerprint density at radius 2 is 2.00 bits per heavy atom. The molecular weight excluding hydrogens is 246 g/mol. The smallest absolute Gasteiger partial charge is 0.320 e. The number of rotatable bonds is 4. The van der Waals surface area contributed by atoms with Crippen molar-refractivity contribution in [3.63, 3.8) is 0 Å². The Bertz CT molecular complexity index is 299. The van der Waals surface area contributed by atoms with Crippen LogP contribution in [-0.4, -0.2) is 46.5 Å². The number of likely N-dealkylation sites (tertiary alicyclic amines) is 1. The molecule has 0 radical (unpaired) electrons. The molecule has 4 nitrogen and oxygen atoms in total. The first-order valence-electron chi connectivity index (χ1n) is 6.75. The van der Waals surface area contributed by atoms with Gasteiger partial charge in [0.1, 0.15) is 0 Å². The quantitative estimate of drug-likeness (QED) is 0.798. The summed E-state index contributed by atoms with van der Waals surface area (Å²) in [4.78, 5) is 16.7. The van der Waals surface area contributed by atoms with Gasteiger partial charge < -0.3 is 15.5 Å². The van der Waals surface area contributed by atoms with E-state index in [0.717, 1.165) is 31.8 Å². The summed E-state index contributed by atoms with van der Waals surface area (Å²) in [7, 11) is 0. The summed E-state index contributed by atoms with van der Waals surface area (Å²) in [5.74, 6) is 0.734. The Kier molecular flexibility index (Phi) is 5.85. The van der Waals surface area contributed by atoms with E-state index in [9.17, 15) is 4.79 Å². The van der Waals surface area contributed by atoms with Gasteiger partial charge >= 0.3 is 6.03 Å². The van der Waals surface area contributed by atoms with Crippen LogP contribution in [0.4, 0.5) is 4.79 Å². The van der Waals surface area contributed by atoms with E-state index in [1.165, 1.54) is 0 Å². The van der Waals surface area contributed by atoms with Crippen molar-refractivity contribution in [1.29, 1.82) is 0 Å². The zero-order chi connectivity index (χ0) is 13.7. The number of urea groups is 1. The highest BCUT2D eigenvalue weighted by atomic mass is 32.1. The van der Waals surface area contributed by atoms with Crippen molar-refractivity contribution in [2.45, 2.75) is 46.1 Å². The Hall–Kier alpha value is -0.840. The van der Waals surface area contributed by atoms with E-state index in [1.54, 1.807) is 0 Å². The van der Waals surface area contributed by atoms with Crippen molar-refractivity contribution < 1.29 is 4.79 Å². The van der Waals surface area contributed by atoms with Gasteiger partial charge in [-0.05, 0) is 32.6 Å². The van der Waals surface area contributed by atoms with E-state index < -0.39 is 0 Å². The fourth-order valence-corrected chi connectivity index (χ4v) is 2.28. The second-order valence-electron chi connectivity index (χ2n) is 5.46. The molecule has 1 rings (SSSR count). The standard InChI is InChI=1S/C13H25N3OS/c1-10(2)16(9-6-12(14)18)13(17)15-7-4-11(3)5-8-15/h10-11H,4-9H2,1-3H3,(H2,14,18). The Labute approximate surface area is 115 Å². The van der Waals surface area contributed by atoms with Crippen LogP contribution in [0.1, 0.15) is 40.0 Å². The number of carbonyl (C=O) groups is 1. The van der Waals surface area contributed by atoms with E-state index in [1.807, 2.05) is 23.6 Å². The minimum Gasteiger partial charge on any atom is -0.393 e. The topological polar surface area (TPSA) is 49.6 Å². The summed E-state index contributed by atoms with van der Waals surface area (Å²) in [5.41, 5.74) is 5.52. The number of hydrogen-bond donors (Lipinski definition) is 1. The monoisotopic (exact) mass is 271 g/mol. The van der Waals surface area contributed by atoms with E-state index in [0.29, 0.717) is 18.0 Å². The summed E-state index contributed by atoms with van der Waals surface area (Å²) in [6.07, 6.45) is 2.81. The fourth-order valence-electron chi connectivity index (χ4n) is 2.19. The second-order valence-corrected chi connectivity index (χ2v) is 5.98. The molecule has 0 aromatic heterocycles. The molecule has 5 heteroatoms. The van der Waals surface area contributed by atoms with Crippen LogP contribution in [0.15, 0.2) is 0 Å². The molecule has 2 amide bonds. The van der Waals surface area contributed by atoms with Gasteiger partial charge in [-0.25, -0.2) is 4.79 Å². The molecule has 0 aromatic rings. The molecule has 1 saturated heterocycles. The number of carbonyl (C=O) groups excluding carboxylic acids is 1. The number of piperidine rings is 1. The molecule has 0 aliphatic carbocycles. The SMILES string of the molecule is CC1CCN(C(=O)N(CCC(N)=S)C(C)C)CC1. The largest absolute Gasteiger partial charge is 0.393 e. The normalized spacial score (nSPS) is 17.0. The van der Waals surface area contributed by atoms with Gasteiger partial charge in [0.15, 0.2) is 0 Å². The van der Waals surface area contributed by atoms with E-state index in [4.69, 9.17) is 18.0 Å². The Balaban J connectivity index is 2.56. The molecule has 0 spiro atoms. The molecule has 0 bridgehead atoms. The zero-order valence-corrected chi connectivity index (χ0v) is 12.5. The summed E-state index contributed by atoms with van der Waals surface area (Å²) in [6, 6.07) is 0.319. The predicted molar refractivity (Wildman–Crippen MR) is 78.6 cm³/mol. The Morgan fingerprint density at radius 1 is 1.44 bits per heavy atom. The summed E-state index contributed by atoms with van der Waals surface area (Å²) < 4.78 is 0. The van der Waals surface area contributed by atoms with E-state index >= 15 is 0 Å². The van der Waals surface area contributed by atoms with Gasteiger partial charge in [-0.1, -0.05) is 19.1 Å². The highest BCUT2D eigenvalue weighted by Crippen LogP contribution is 2.18. The van der Waals surface area contributed by atoms with Crippen LogP contribution in [0.5, 0.6) is 0 Å². The van der Waals surface area contributed by atoms with Crippen LogP contribution >= 0.6 is 12.2 Å². The maximum atomic E-state index is 12.4. The van der Waals surface area contributed by atoms with Crippen molar-refractivity contribution in [3.05, 3.63) is 0 Å². The van der Waals surface area contributed by atoms with Crippen molar-refractivity contribution in [2.75, 3.05) is 19.6 Å². The third-order valence-corrected chi connectivity index (χ3v) is 3.73. The molecule has 104 valence electrons. The number of thiocarbonyl (C=S) groups is 1. The number of amides is 2. The lowest BCUT2D eigenvalue weighted by Crippen LogP contribution is -2.49. The number of nitrogens with zero attached hydrogens (tertiary/aromatic N) is 2. The van der Waals surface area contributed by atoms with Crippen molar-refractivity contribution in [1.82, 2.24) is 9.80 Å². The van der Waals surface area contributed by atoms with Gasteiger partial charge in [0.25, 0.3) is 0 Å². The highest BCUT2D eigenvalue weighted by Gasteiger charge is 2.26. The maximum Gasteiger partial charge on any atom is 0.320 e. The zero-order valence-electron chi connectivity index (χ0n) is 11.7. The van der Waals surface area contributed by atoms with Crippen LogP contribution in [0.3, 0.4) is 0 Å². The van der Waals surface area contributed by atoms with E-state index in [-0.39, 0.29) is 12.1 Å². The van der Waals surface area contributed by atoms with Gasteiger partial charge in [-0.2, -0.15) is 0 Å². The van der Waals surface area contributed by atoms with Crippen molar-refractivity contribution in [3.8, 4) is 0 Å². The third kappa shape index (κ3) is 4.44. The van der Waals surface area contributed by atoms with Gasteiger partial charge in [0, 0.05) is 32.1 Å². The van der Waals surface area contributed by atoms with Crippen molar-refractivity contribution in [2.24, 2.45) is 11.7 Å². The molecule has 0 unspecified atom stereocenters. The van der Waals surface area contributed by atoms with E-state index in [2.05, 4.69) is 6.92 Å². The predicted octanol–water partition coefficient (Wildman–Crippen LogP) is 2.22. The summed E-state index contributed by atoms with van der Waals surface area (Å²) >= 11 is 4.89. The van der Waals surface area contributed by atoms with Gasteiger partial charge in [-0.15, -0.1) is 0 Å². The van der Waals surface area contributed by atoms with Crippen LogP contribution in [0, 0.1) is 5.92 Å². The summed E-state index contributed by atoms with van der Waals surface area (Å²) in [6.45, 7) is 8.67. The van der Waals surface area contributed by atoms with Crippen LogP contribution in [-0.2, 0) is 0 Å². The molecule has 1 aliphatic heterocycles. The molecule has 1 fully saturated rings. The summed E-state index contributed by atoms with van der Waals surface area (Å²) in [5, 5.41) is 0. The first-order chi connectivity index (χ1) is 8.41. The molecule has 1 heterocycles. The van der Waals surface area contributed by atoms with Crippen LogP contribution in [0.2, 0.25) is 0 Å². The second kappa shape index (κ2) is 6.92. The lowest BCUT2D eigenvalue weighted by atomic mass is 9.99. The Morgan fingerprint density at radius 3 is 2.44 bits per heavy atom. The molecule has 18 heavy (non-hydrogen) atoms. The fraction of sp³-hybridized carbons (Fsp3) is 0.846. The molecule has 0 saturated carbocycles. The first kappa shape index (κ1) is 15.2. The number of hydrogen-bond acceptors (Lipinski definition) is 2. The average molecular weight is 271 g/mol. The molecule has 0 aromatic carbocycles. The van der Waals surface area contributed by atoms with Crippen LogP contribution in [0.25, 0.3) is 0 Å². The third-order valence-electron chi connectivity index (χ3n) is 3.52. The maximum absolute atomic E-state index is 12.4. The first-order valence-corrected chi connectivity index (χ1v) is 7.16. The molecule has 0 atom stereocenters. The van der Waals surface area contributed by atoms with Gasteiger partial charge in [0.2, 0.25) is 0 Å². The minimum atomic E-state index is 0.133. The average Bonchev–Trinajstić information content (AvgIpc) is 2.29. The van der Waals surface area contributed by atoms with Crippen molar-refractivity contribution >= 4 is 23.2 Å². The minimum absolute atomic E-state index is 0.133. The lowest BCUT2D eigenvalue weighted by molar-refractivity contribution is 0.125. The number of nitrogens with two attached hydrogens (primary N) is 1. The molecule has 2 N–H and O–H groups in total.